The molecule has 5 heteroatoms. The SMILES string of the molecule is O=C(c1cc2ccc(F)cc2s1)N1CCCC(Cl)C1. The Hall–Kier alpha value is -1.13. The van der Waals surface area contributed by atoms with Crippen LogP contribution in [0.15, 0.2) is 24.3 Å². The molecule has 19 heavy (non-hydrogen) atoms. The van der Waals surface area contributed by atoms with Crippen molar-refractivity contribution in [3.8, 4) is 0 Å². The molecule has 0 radical (unpaired) electrons. The number of likely N-dealkylation sites (tertiary alicyclic amines) is 1. The van der Waals surface area contributed by atoms with Crippen molar-refractivity contribution in [2.75, 3.05) is 13.1 Å². The molecule has 0 spiro atoms. The smallest absolute Gasteiger partial charge is 0.264 e. The molecule has 1 saturated heterocycles. The molecule has 0 aliphatic carbocycles. The van der Waals surface area contributed by atoms with Crippen molar-refractivity contribution < 1.29 is 9.18 Å². The summed E-state index contributed by atoms with van der Waals surface area (Å²) in [4.78, 5) is 14.8. The van der Waals surface area contributed by atoms with E-state index in [9.17, 15) is 9.18 Å². The first-order chi connectivity index (χ1) is 9.13. The van der Waals surface area contributed by atoms with Gasteiger partial charge in [0.05, 0.1) is 10.3 Å². The summed E-state index contributed by atoms with van der Waals surface area (Å²) in [6.07, 6.45) is 1.91. The quantitative estimate of drug-likeness (QED) is 0.731. The maximum absolute atomic E-state index is 13.1. The Bertz CT molecular complexity index is 627. The van der Waals surface area contributed by atoms with Crippen molar-refractivity contribution in [3.05, 3.63) is 35.0 Å². The van der Waals surface area contributed by atoms with Crippen LogP contribution in [0.5, 0.6) is 0 Å². The molecule has 1 aromatic carbocycles. The zero-order chi connectivity index (χ0) is 13.4. The van der Waals surface area contributed by atoms with Crippen LogP contribution in [-0.2, 0) is 0 Å². The van der Waals surface area contributed by atoms with E-state index in [2.05, 4.69) is 0 Å². The average molecular weight is 298 g/mol. The Morgan fingerprint density at radius 3 is 3.05 bits per heavy atom. The Kier molecular flexibility index (Phi) is 3.46. The van der Waals surface area contributed by atoms with E-state index in [0.29, 0.717) is 11.4 Å². The number of hydrogen-bond donors (Lipinski definition) is 0. The van der Waals surface area contributed by atoms with Crippen molar-refractivity contribution in [1.29, 1.82) is 0 Å². The van der Waals surface area contributed by atoms with Crippen LogP contribution in [0.3, 0.4) is 0 Å². The van der Waals surface area contributed by atoms with Gasteiger partial charge in [-0.3, -0.25) is 4.79 Å². The van der Waals surface area contributed by atoms with Gasteiger partial charge in [0.15, 0.2) is 0 Å². The van der Waals surface area contributed by atoms with Gasteiger partial charge in [0.1, 0.15) is 5.82 Å². The van der Waals surface area contributed by atoms with E-state index in [1.807, 2.05) is 6.07 Å². The van der Waals surface area contributed by atoms with Crippen LogP contribution < -0.4 is 0 Å². The molecule has 2 nitrogen and oxygen atoms in total. The highest BCUT2D eigenvalue weighted by atomic mass is 35.5. The van der Waals surface area contributed by atoms with Crippen molar-refractivity contribution in [2.24, 2.45) is 0 Å². The van der Waals surface area contributed by atoms with Gasteiger partial charge in [0.25, 0.3) is 5.91 Å². The third-order valence-corrected chi connectivity index (χ3v) is 4.79. The molecule has 1 aliphatic heterocycles. The van der Waals surface area contributed by atoms with E-state index in [4.69, 9.17) is 11.6 Å². The van der Waals surface area contributed by atoms with Gasteiger partial charge in [0.2, 0.25) is 0 Å². The summed E-state index contributed by atoms with van der Waals surface area (Å²) in [7, 11) is 0. The normalized spacial score (nSPS) is 19.9. The van der Waals surface area contributed by atoms with Crippen molar-refractivity contribution in [1.82, 2.24) is 4.90 Å². The number of carbonyl (C=O) groups excluding carboxylic acids is 1. The van der Waals surface area contributed by atoms with E-state index in [0.717, 1.165) is 29.5 Å². The molecule has 1 aromatic heterocycles. The maximum atomic E-state index is 13.1. The zero-order valence-corrected chi connectivity index (χ0v) is 11.8. The lowest BCUT2D eigenvalue weighted by molar-refractivity contribution is 0.0732. The predicted octanol–water partition coefficient (Wildman–Crippen LogP) is 3.88. The lowest BCUT2D eigenvalue weighted by Gasteiger charge is -2.29. The van der Waals surface area contributed by atoms with Gasteiger partial charge >= 0.3 is 0 Å². The lowest BCUT2D eigenvalue weighted by atomic mass is 10.1. The molecule has 0 N–H and O–H groups in total. The highest BCUT2D eigenvalue weighted by Crippen LogP contribution is 2.28. The molecule has 1 atom stereocenters. The summed E-state index contributed by atoms with van der Waals surface area (Å²) in [5.74, 6) is -0.265. The highest BCUT2D eigenvalue weighted by Gasteiger charge is 2.24. The maximum Gasteiger partial charge on any atom is 0.264 e. The van der Waals surface area contributed by atoms with E-state index < -0.39 is 0 Å². The van der Waals surface area contributed by atoms with Crippen LogP contribution in [0.1, 0.15) is 22.5 Å². The van der Waals surface area contributed by atoms with E-state index in [1.54, 1.807) is 11.0 Å². The molecule has 1 amide bonds. The molecule has 100 valence electrons. The number of carbonyl (C=O) groups is 1. The number of rotatable bonds is 1. The van der Waals surface area contributed by atoms with Gasteiger partial charge < -0.3 is 4.90 Å². The molecular formula is C14H13ClFNOS. The summed E-state index contributed by atoms with van der Waals surface area (Å²) in [5, 5.41) is 0.957. The molecule has 0 bridgehead atoms. The predicted molar refractivity (Wildman–Crippen MR) is 76.6 cm³/mol. The Labute approximate surface area is 119 Å². The summed E-state index contributed by atoms with van der Waals surface area (Å²) in [6, 6.07) is 6.43. The van der Waals surface area contributed by atoms with Crippen molar-refractivity contribution in [3.63, 3.8) is 0 Å². The van der Waals surface area contributed by atoms with Crippen molar-refractivity contribution in [2.45, 2.75) is 18.2 Å². The number of nitrogens with zero attached hydrogens (tertiary/aromatic N) is 1. The summed E-state index contributed by atoms with van der Waals surface area (Å²) >= 11 is 7.44. The molecule has 2 heterocycles. The summed E-state index contributed by atoms with van der Waals surface area (Å²) < 4.78 is 14.0. The average Bonchev–Trinajstić information content (AvgIpc) is 2.80. The van der Waals surface area contributed by atoms with E-state index in [-0.39, 0.29) is 17.1 Å². The monoisotopic (exact) mass is 297 g/mol. The standard InChI is InChI=1S/C14H13ClFNOS/c15-10-2-1-5-17(8-10)14(18)13-6-9-3-4-11(16)7-12(9)19-13/h3-4,6-7,10H,1-2,5,8H2. The Balaban J connectivity index is 1.88. The Morgan fingerprint density at radius 2 is 2.26 bits per heavy atom. The number of fused-ring (bicyclic) bond motifs is 1. The molecule has 1 aliphatic rings. The van der Waals surface area contributed by atoms with Crippen LogP contribution in [0.25, 0.3) is 10.1 Å². The second-order valence-corrected chi connectivity index (χ2v) is 6.48. The van der Waals surface area contributed by atoms with Crippen LogP contribution in [0, 0.1) is 5.82 Å². The highest BCUT2D eigenvalue weighted by molar-refractivity contribution is 7.20. The molecule has 2 aromatic rings. The zero-order valence-electron chi connectivity index (χ0n) is 10.2. The number of halogens is 2. The van der Waals surface area contributed by atoms with Crippen LogP contribution >= 0.6 is 22.9 Å². The van der Waals surface area contributed by atoms with Crippen LogP contribution in [0.2, 0.25) is 0 Å². The van der Waals surface area contributed by atoms with Gasteiger partial charge in [-0.25, -0.2) is 4.39 Å². The lowest BCUT2D eigenvalue weighted by Crippen LogP contribution is -2.40. The number of piperidine rings is 1. The van der Waals surface area contributed by atoms with E-state index in [1.165, 1.54) is 23.5 Å². The summed E-state index contributed by atoms with van der Waals surface area (Å²) in [6.45, 7) is 1.35. The molecular weight excluding hydrogens is 285 g/mol. The second-order valence-electron chi connectivity index (χ2n) is 4.78. The number of hydrogen-bond acceptors (Lipinski definition) is 2. The molecule has 1 fully saturated rings. The largest absolute Gasteiger partial charge is 0.336 e. The van der Waals surface area contributed by atoms with E-state index >= 15 is 0 Å². The van der Waals surface area contributed by atoms with Gasteiger partial charge in [-0.15, -0.1) is 22.9 Å². The fourth-order valence-electron chi connectivity index (χ4n) is 2.38. The number of alkyl halides is 1. The molecule has 0 saturated carbocycles. The third-order valence-electron chi connectivity index (χ3n) is 3.34. The summed E-state index contributed by atoms with van der Waals surface area (Å²) in [5.41, 5.74) is 0. The first-order valence-corrected chi connectivity index (χ1v) is 7.51. The first kappa shape index (κ1) is 12.9. The number of amides is 1. The third kappa shape index (κ3) is 2.60. The number of thiophene rings is 1. The Morgan fingerprint density at radius 1 is 1.42 bits per heavy atom. The van der Waals surface area contributed by atoms with Gasteiger partial charge in [0, 0.05) is 17.8 Å². The van der Waals surface area contributed by atoms with Gasteiger partial charge in [-0.05, 0) is 36.4 Å². The minimum Gasteiger partial charge on any atom is -0.336 e. The van der Waals surface area contributed by atoms with Gasteiger partial charge in [-0.1, -0.05) is 6.07 Å². The first-order valence-electron chi connectivity index (χ1n) is 6.26. The minimum atomic E-state index is -0.271. The van der Waals surface area contributed by atoms with Gasteiger partial charge in [-0.2, -0.15) is 0 Å². The van der Waals surface area contributed by atoms with Crippen molar-refractivity contribution >= 4 is 38.9 Å². The minimum absolute atomic E-state index is 0.00644. The topological polar surface area (TPSA) is 20.3 Å². The van der Waals surface area contributed by atoms with Crippen LogP contribution in [-0.4, -0.2) is 29.3 Å². The molecule has 1 unspecified atom stereocenters. The number of benzene rings is 1. The second kappa shape index (κ2) is 5.10. The molecule has 3 rings (SSSR count). The van der Waals surface area contributed by atoms with Crippen LogP contribution in [0.4, 0.5) is 4.39 Å². The fourth-order valence-corrected chi connectivity index (χ4v) is 3.75. The fraction of sp³-hybridized carbons (Fsp3) is 0.357.